The molecule has 8 heteroatoms. The number of rotatable bonds is 7. The highest BCUT2D eigenvalue weighted by molar-refractivity contribution is 5.91. The maximum atomic E-state index is 12.7. The summed E-state index contributed by atoms with van der Waals surface area (Å²) in [5.74, 6) is -1.66. The van der Waals surface area contributed by atoms with E-state index >= 15 is 0 Å². The third kappa shape index (κ3) is 4.91. The molecule has 1 atom stereocenters. The molecule has 0 fully saturated rings. The van der Waals surface area contributed by atoms with Gasteiger partial charge in [-0.1, -0.05) is 0 Å². The van der Waals surface area contributed by atoms with Gasteiger partial charge < -0.3 is 20.3 Å². The van der Waals surface area contributed by atoms with Crippen LogP contribution >= 0.6 is 0 Å². The minimum atomic E-state index is -4.73. The lowest BCUT2D eigenvalue weighted by Gasteiger charge is -2.19. The fraction of sp³-hybridized carbons (Fsp3) is 0.462. The normalized spacial score (nSPS) is 13.0. The fourth-order valence-electron chi connectivity index (χ4n) is 1.85. The molecule has 1 aromatic carbocycles. The summed E-state index contributed by atoms with van der Waals surface area (Å²) in [5.41, 5.74) is -1.81. The predicted octanol–water partition coefficient (Wildman–Crippen LogP) is 2.21. The number of methoxy groups -OCH3 is 1. The Balaban J connectivity index is 3.05. The largest absolute Gasteiger partial charge is 0.478 e. The number of hydrogen-bond donors (Lipinski definition) is 3. The van der Waals surface area contributed by atoms with Gasteiger partial charge in [-0.2, -0.15) is 13.2 Å². The van der Waals surface area contributed by atoms with E-state index in [1.807, 2.05) is 0 Å². The number of aliphatic hydroxyl groups excluding tert-OH is 1. The van der Waals surface area contributed by atoms with E-state index in [1.54, 1.807) is 0 Å². The fourth-order valence-corrected chi connectivity index (χ4v) is 1.85. The lowest BCUT2D eigenvalue weighted by atomic mass is 10.1. The van der Waals surface area contributed by atoms with Crippen LogP contribution < -0.4 is 5.32 Å². The van der Waals surface area contributed by atoms with E-state index in [1.165, 1.54) is 7.11 Å². The number of aliphatic hydroxyl groups is 1. The summed E-state index contributed by atoms with van der Waals surface area (Å²) in [6, 6.07) is 2.45. The van der Waals surface area contributed by atoms with E-state index in [0.717, 1.165) is 12.1 Å². The number of carboxylic acid groups (broad SMARTS) is 1. The summed E-state index contributed by atoms with van der Waals surface area (Å²) in [7, 11) is 1.45. The summed E-state index contributed by atoms with van der Waals surface area (Å²) in [5, 5.41) is 20.6. The molecule has 21 heavy (non-hydrogen) atoms. The van der Waals surface area contributed by atoms with Crippen molar-refractivity contribution >= 4 is 11.7 Å². The molecule has 0 saturated carbocycles. The molecular formula is C13H16F3NO4. The zero-order valence-corrected chi connectivity index (χ0v) is 11.3. The van der Waals surface area contributed by atoms with Crippen molar-refractivity contribution in [1.29, 1.82) is 0 Å². The van der Waals surface area contributed by atoms with Crippen molar-refractivity contribution in [2.45, 2.75) is 18.6 Å². The number of nitrogens with one attached hydrogen (secondary N) is 1. The van der Waals surface area contributed by atoms with Gasteiger partial charge in [0, 0.05) is 19.4 Å². The van der Waals surface area contributed by atoms with Crippen molar-refractivity contribution in [3.05, 3.63) is 29.3 Å². The number of hydrogen-bond acceptors (Lipinski definition) is 4. The van der Waals surface area contributed by atoms with Crippen molar-refractivity contribution in [1.82, 2.24) is 0 Å². The Labute approximate surface area is 119 Å². The number of halogens is 3. The zero-order chi connectivity index (χ0) is 16.0. The SMILES string of the molecule is COCC(CCO)Nc1ccc(C(F)(F)F)c(C(=O)O)c1. The quantitative estimate of drug-likeness (QED) is 0.720. The monoisotopic (exact) mass is 307 g/mol. The van der Waals surface area contributed by atoms with Crippen molar-refractivity contribution < 1.29 is 32.9 Å². The Kier molecular flexibility index (Phi) is 5.98. The van der Waals surface area contributed by atoms with Crippen molar-refractivity contribution in [3.8, 4) is 0 Å². The number of ether oxygens (including phenoxy) is 1. The minimum Gasteiger partial charge on any atom is -0.478 e. The molecule has 118 valence electrons. The number of carbonyl (C=O) groups is 1. The summed E-state index contributed by atoms with van der Waals surface area (Å²) >= 11 is 0. The third-order valence-corrected chi connectivity index (χ3v) is 2.77. The van der Waals surface area contributed by atoms with Gasteiger partial charge in [-0.05, 0) is 24.6 Å². The van der Waals surface area contributed by atoms with Crippen molar-refractivity contribution in [3.63, 3.8) is 0 Å². The number of carboxylic acids is 1. The molecule has 1 aromatic rings. The second-order valence-electron chi connectivity index (χ2n) is 4.37. The summed E-state index contributed by atoms with van der Waals surface area (Å²) < 4.78 is 43.0. The molecule has 1 rings (SSSR count). The van der Waals surface area contributed by atoms with Gasteiger partial charge >= 0.3 is 12.1 Å². The van der Waals surface area contributed by atoms with Crippen LogP contribution in [0, 0.1) is 0 Å². The number of aromatic carboxylic acids is 1. The maximum absolute atomic E-state index is 12.7. The molecule has 0 aliphatic heterocycles. The summed E-state index contributed by atoms with van der Waals surface area (Å²) in [6.07, 6.45) is -4.42. The highest BCUT2D eigenvalue weighted by Crippen LogP contribution is 2.33. The standard InChI is InChI=1S/C13H16F3NO4/c1-21-7-9(4-5-18)17-8-2-3-11(13(14,15)16)10(6-8)12(19)20/h2-3,6,9,17-18H,4-5,7H2,1H3,(H,19,20). The number of benzene rings is 1. The van der Waals surface area contributed by atoms with Gasteiger partial charge in [-0.25, -0.2) is 4.79 Å². The number of alkyl halides is 3. The predicted molar refractivity (Wildman–Crippen MR) is 69.4 cm³/mol. The lowest BCUT2D eigenvalue weighted by molar-refractivity contribution is -0.138. The van der Waals surface area contributed by atoms with E-state index in [2.05, 4.69) is 5.32 Å². The first-order chi connectivity index (χ1) is 9.79. The second kappa shape index (κ2) is 7.28. The summed E-state index contributed by atoms with van der Waals surface area (Å²) in [4.78, 5) is 11.0. The second-order valence-corrected chi connectivity index (χ2v) is 4.37. The van der Waals surface area contributed by atoms with Crippen LogP contribution in [0.2, 0.25) is 0 Å². The molecule has 0 spiro atoms. The smallest absolute Gasteiger partial charge is 0.417 e. The van der Waals surface area contributed by atoms with Crippen LogP contribution in [-0.4, -0.2) is 42.5 Å². The average Bonchev–Trinajstić information content (AvgIpc) is 2.38. The van der Waals surface area contributed by atoms with Crippen LogP contribution in [0.1, 0.15) is 22.3 Å². The van der Waals surface area contributed by atoms with Gasteiger partial charge in [0.1, 0.15) is 0 Å². The van der Waals surface area contributed by atoms with E-state index in [4.69, 9.17) is 14.9 Å². The first kappa shape index (κ1) is 17.3. The Hall–Kier alpha value is -1.80. The zero-order valence-electron chi connectivity index (χ0n) is 11.3. The first-order valence-corrected chi connectivity index (χ1v) is 6.10. The van der Waals surface area contributed by atoms with Crippen molar-refractivity contribution in [2.75, 3.05) is 25.6 Å². The van der Waals surface area contributed by atoms with Gasteiger partial charge in [0.05, 0.1) is 23.8 Å². The van der Waals surface area contributed by atoms with Crippen LogP contribution in [0.5, 0.6) is 0 Å². The van der Waals surface area contributed by atoms with E-state index in [9.17, 15) is 18.0 Å². The Bertz CT molecular complexity index is 485. The van der Waals surface area contributed by atoms with Gasteiger partial charge in [0.25, 0.3) is 0 Å². The Morgan fingerprint density at radius 2 is 2.10 bits per heavy atom. The summed E-state index contributed by atoms with van der Waals surface area (Å²) in [6.45, 7) is 0.0947. The lowest BCUT2D eigenvalue weighted by Crippen LogP contribution is -2.26. The maximum Gasteiger partial charge on any atom is 0.417 e. The van der Waals surface area contributed by atoms with Gasteiger partial charge in [0.15, 0.2) is 0 Å². The molecular weight excluding hydrogens is 291 g/mol. The topological polar surface area (TPSA) is 78.8 Å². The van der Waals surface area contributed by atoms with Gasteiger partial charge in [-0.3, -0.25) is 0 Å². The molecule has 1 unspecified atom stereocenters. The molecule has 0 radical (unpaired) electrons. The van der Waals surface area contributed by atoms with E-state index in [-0.39, 0.29) is 24.9 Å². The Morgan fingerprint density at radius 1 is 1.43 bits per heavy atom. The van der Waals surface area contributed by atoms with Crippen LogP contribution in [0.25, 0.3) is 0 Å². The Morgan fingerprint density at radius 3 is 2.57 bits per heavy atom. The molecule has 0 amide bonds. The highest BCUT2D eigenvalue weighted by atomic mass is 19.4. The molecule has 3 N–H and O–H groups in total. The molecule has 5 nitrogen and oxygen atoms in total. The molecule has 0 aliphatic rings. The van der Waals surface area contributed by atoms with E-state index in [0.29, 0.717) is 12.5 Å². The van der Waals surface area contributed by atoms with Crippen molar-refractivity contribution in [2.24, 2.45) is 0 Å². The average molecular weight is 307 g/mol. The molecule has 0 saturated heterocycles. The molecule has 0 aliphatic carbocycles. The van der Waals surface area contributed by atoms with Gasteiger partial charge in [0.2, 0.25) is 0 Å². The molecule has 0 bridgehead atoms. The number of anilines is 1. The van der Waals surface area contributed by atoms with Crippen LogP contribution in [0.3, 0.4) is 0 Å². The molecule has 0 heterocycles. The van der Waals surface area contributed by atoms with Crippen LogP contribution in [0.15, 0.2) is 18.2 Å². The van der Waals surface area contributed by atoms with Crippen LogP contribution in [-0.2, 0) is 10.9 Å². The molecule has 0 aromatic heterocycles. The van der Waals surface area contributed by atoms with E-state index < -0.39 is 23.3 Å². The van der Waals surface area contributed by atoms with Crippen LogP contribution in [0.4, 0.5) is 18.9 Å². The first-order valence-electron chi connectivity index (χ1n) is 6.10. The minimum absolute atomic E-state index is 0.131. The third-order valence-electron chi connectivity index (χ3n) is 2.77. The highest BCUT2D eigenvalue weighted by Gasteiger charge is 2.35. The van der Waals surface area contributed by atoms with Gasteiger partial charge in [-0.15, -0.1) is 0 Å².